The molecule has 0 atom stereocenters. The van der Waals surface area contributed by atoms with Crippen molar-refractivity contribution in [1.82, 2.24) is 0 Å². The molecule has 0 unspecified atom stereocenters. The number of nitrogens with zero attached hydrogens (tertiary/aromatic N) is 1. The molecule has 0 radical (unpaired) electrons. The first-order valence-corrected chi connectivity index (χ1v) is 9.91. The molecule has 1 aliphatic heterocycles. The van der Waals surface area contributed by atoms with E-state index in [0.29, 0.717) is 12.2 Å². The third-order valence-electron chi connectivity index (χ3n) is 4.35. The number of benzene rings is 2. The number of carbonyl (C=O) groups is 1. The molecule has 3 rings (SSSR count). The average molecular weight is 374 g/mol. The van der Waals surface area contributed by atoms with Crippen molar-refractivity contribution in [3.8, 4) is 0 Å². The molecule has 7 heteroatoms. The maximum absolute atomic E-state index is 12.5. The highest BCUT2D eigenvalue weighted by Crippen LogP contribution is 2.30. The van der Waals surface area contributed by atoms with Crippen LogP contribution in [0.1, 0.15) is 17.5 Å². The first kappa shape index (κ1) is 18.4. The second-order valence-electron chi connectivity index (χ2n) is 6.34. The van der Waals surface area contributed by atoms with Crippen molar-refractivity contribution in [2.75, 3.05) is 29.9 Å². The normalized spacial score (nSPS) is 14.0. The smallest absolute Gasteiger partial charge is 0.261 e. The van der Waals surface area contributed by atoms with E-state index in [1.165, 1.54) is 7.11 Å². The molecule has 0 saturated heterocycles. The number of sulfonamides is 1. The first-order chi connectivity index (χ1) is 12.4. The van der Waals surface area contributed by atoms with E-state index >= 15 is 0 Å². The van der Waals surface area contributed by atoms with E-state index in [1.807, 2.05) is 6.92 Å². The van der Waals surface area contributed by atoms with E-state index in [2.05, 4.69) is 4.72 Å². The van der Waals surface area contributed by atoms with Gasteiger partial charge in [-0.3, -0.25) is 9.52 Å². The SMILES string of the molecule is COCC(=O)N1CCCc2cc(NS(=O)(=O)c3ccc(C)cc3)ccc21. The van der Waals surface area contributed by atoms with Gasteiger partial charge in [-0.25, -0.2) is 8.42 Å². The van der Waals surface area contributed by atoms with Crippen LogP contribution in [0.3, 0.4) is 0 Å². The van der Waals surface area contributed by atoms with E-state index < -0.39 is 10.0 Å². The Morgan fingerprint density at radius 2 is 1.92 bits per heavy atom. The van der Waals surface area contributed by atoms with Crippen LogP contribution in [0.15, 0.2) is 47.4 Å². The fourth-order valence-corrected chi connectivity index (χ4v) is 4.10. The van der Waals surface area contributed by atoms with Gasteiger partial charge in [0.05, 0.1) is 4.90 Å². The largest absolute Gasteiger partial charge is 0.375 e. The topological polar surface area (TPSA) is 75.7 Å². The zero-order valence-electron chi connectivity index (χ0n) is 14.9. The van der Waals surface area contributed by atoms with Gasteiger partial charge in [0.25, 0.3) is 15.9 Å². The van der Waals surface area contributed by atoms with Crippen molar-refractivity contribution in [2.45, 2.75) is 24.7 Å². The predicted molar refractivity (Wildman–Crippen MR) is 101 cm³/mol. The molecule has 26 heavy (non-hydrogen) atoms. The number of hydrogen-bond donors (Lipinski definition) is 1. The van der Waals surface area contributed by atoms with Gasteiger partial charge in [-0.05, 0) is 55.7 Å². The molecule has 2 aromatic rings. The maximum atomic E-state index is 12.5. The molecule has 0 fully saturated rings. The Morgan fingerprint density at radius 1 is 1.19 bits per heavy atom. The van der Waals surface area contributed by atoms with Crippen molar-refractivity contribution >= 4 is 27.3 Å². The molecule has 6 nitrogen and oxygen atoms in total. The Labute approximate surface area is 153 Å². The molecule has 0 aromatic heterocycles. The summed E-state index contributed by atoms with van der Waals surface area (Å²) in [5.74, 6) is -0.0959. The van der Waals surface area contributed by atoms with Gasteiger partial charge in [-0.1, -0.05) is 17.7 Å². The number of aryl methyl sites for hydroxylation is 2. The van der Waals surface area contributed by atoms with Gasteiger partial charge >= 0.3 is 0 Å². The van der Waals surface area contributed by atoms with Gasteiger partial charge in [0.1, 0.15) is 6.61 Å². The van der Waals surface area contributed by atoms with Crippen LogP contribution in [0.5, 0.6) is 0 Å². The van der Waals surface area contributed by atoms with Crippen LogP contribution in [0, 0.1) is 6.92 Å². The molecule has 0 aliphatic carbocycles. The lowest BCUT2D eigenvalue weighted by molar-refractivity contribution is -0.122. The van der Waals surface area contributed by atoms with Gasteiger partial charge in [-0.15, -0.1) is 0 Å². The maximum Gasteiger partial charge on any atom is 0.261 e. The number of amides is 1. The third kappa shape index (κ3) is 3.89. The van der Waals surface area contributed by atoms with Crippen LogP contribution >= 0.6 is 0 Å². The van der Waals surface area contributed by atoms with Gasteiger partial charge in [0.15, 0.2) is 0 Å². The van der Waals surface area contributed by atoms with E-state index in [1.54, 1.807) is 47.4 Å². The summed E-state index contributed by atoms with van der Waals surface area (Å²) in [6.07, 6.45) is 1.63. The summed E-state index contributed by atoms with van der Waals surface area (Å²) in [7, 11) is -2.15. The second-order valence-corrected chi connectivity index (χ2v) is 8.03. The van der Waals surface area contributed by atoms with Crippen molar-refractivity contribution in [2.24, 2.45) is 0 Å². The summed E-state index contributed by atoms with van der Waals surface area (Å²) in [6.45, 7) is 2.58. The Kier molecular flexibility index (Phi) is 5.29. The molecule has 0 saturated carbocycles. The zero-order chi connectivity index (χ0) is 18.7. The van der Waals surface area contributed by atoms with Crippen molar-refractivity contribution in [3.63, 3.8) is 0 Å². The van der Waals surface area contributed by atoms with Crippen LogP contribution < -0.4 is 9.62 Å². The monoisotopic (exact) mass is 374 g/mol. The van der Waals surface area contributed by atoms with E-state index in [0.717, 1.165) is 29.7 Å². The van der Waals surface area contributed by atoms with E-state index in [-0.39, 0.29) is 17.4 Å². The molecule has 1 N–H and O–H groups in total. The fourth-order valence-electron chi connectivity index (χ4n) is 3.05. The number of ether oxygens (including phenoxy) is 1. The number of rotatable bonds is 5. The van der Waals surface area contributed by atoms with Crippen LogP contribution in [0.4, 0.5) is 11.4 Å². The molecule has 1 amide bonds. The number of carbonyl (C=O) groups excluding carboxylic acids is 1. The summed E-state index contributed by atoms with van der Waals surface area (Å²) in [5.41, 5.74) is 3.25. The Morgan fingerprint density at radius 3 is 2.62 bits per heavy atom. The van der Waals surface area contributed by atoms with Crippen molar-refractivity contribution in [3.05, 3.63) is 53.6 Å². The fraction of sp³-hybridized carbons (Fsp3) is 0.316. The molecule has 2 aromatic carbocycles. The third-order valence-corrected chi connectivity index (χ3v) is 5.75. The Bertz CT molecular complexity index is 908. The lowest BCUT2D eigenvalue weighted by Gasteiger charge is -2.29. The Hall–Kier alpha value is -2.38. The molecule has 1 heterocycles. The van der Waals surface area contributed by atoms with Crippen LogP contribution in [0.2, 0.25) is 0 Å². The minimum Gasteiger partial charge on any atom is -0.375 e. The Balaban J connectivity index is 1.85. The number of fused-ring (bicyclic) bond motifs is 1. The molecular formula is C19H22N2O4S. The molecule has 0 spiro atoms. The standard InChI is InChI=1S/C19H22N2O4S/c1-14-5-8-17(9-6-14)26(23,24)20-16-7-10-18-15(12-16)4-3-11-21(18)19(22)13-25-2/h5-10,12,20H,3-4,11,13H2,1-2H3. The minimum atomic E-state index is -3.65. The molecule has 138 valence electrons. The number of methoxy groups -OCH3 is 1. The summed E-state index contributed by atoms with van der Waals surface area (Å²) in [4.78, 5) is 14.1. The summed E-state index contributed by atoms with van der Waals surface area (Å²) in [5, 5.41) is 0. The predicted octanol–water partition coefficient (Wildman–Crippen LogP) is 2.72. The van der Waals surface area contributed by atoms with E-state index in [4.69, 9.17) is 4.74 Å². The summed E-state index contributed by atoms with van der Waals surface area (Å²) in [6, 6.07) is 12.0. The minimum absolute atomic E-state index is 0.0290. The summed E-state index contributed by atoms with van der Waals surface area (Å²) >= 11 is 0. The lowest BCUT2D eigenvalue weighted by atomic mass is 10.0. The highest BCUT2D eigenvalue weighted by atomic mass is 32.2. The molecule has 0 bridgehead atoms. The molecule has 1 aliphatic rings. The zero-order valence-corrected chi connectivity index (χ0v) is 15.7. The van der Waals surface area contributed by atoms with Gasteiger partial charge in [-0.2, -0.15) is 0 Å². The van der Waals surface area contributed by atoms with Crippen LogP contribution in [0.25, 0.3) is 0 Å². The second kappa shape index (κ2) is 7.47. The average Bonchev–Trinajstić information content (AvgIpc) is 2.61. The van der Waals surface area contributed by atoms with Crippen molar-refractivity contribution < 1.29 is 17.9 Å². The number of hydrogen-bond acceptors (Lipinski definition) is 4. The van der Waals surface area contributed by atoms with E-state index in [9.17, 15) is 13.2 Å². The van der Waals surface area contributed by atoms with Gasteiger partial charge in [0, 0.05) is 25.0 Å². The number of anilines is 2. The van der Waals surface area contributed by atoms with Gasteiger partial charge in [0.2, 0.25) is 0 Å². The van der Waals surface area contributed by atoms with Crippen molar-refractivity contribution in [1.29, 1.82) is 0 Å². The highest BCUT2D eigenvalue weighted by molar-refractivity contribution is 7.92. The first-order valence-electron chi connectivity index (χ1n) is 8.42. The van der Waals surface area contributed by atoms with Gasteiger partial charge < -0.3 is 9.64 Å². The number of nitrogens with one attached hydrogen (secondary N) is 1. The highest BCUT2D eigenvalue weighted by Gasteiger charge is 2.23. The lowest BCUT2D eigenvalue weighted by Crippen LogP contribution is -2.37. The molecular weight excluding hydrogens is 352 g/mol. The summed E-state index contributed by atoms with van der Waals surface area (Å²) < 4.78 is 32.6. The quantitative estimate of drug-likeness (QED) is 0.873. The van der Waals surface area contributed by atoms with Crippen LogP contribution in [-0.2, 0) is 26.0 Å². The van der Waals surface area contributed by atoms with Crippen LogP contribution in [-0.4, -0.2) is 34.6 Å².